The summed E-state index contributed by atoms with van der Waals surface area (Å²) in [4.78, 5) is 0. The van der Waals surface area contributed by atoms with Crippen LogP contribution in [0.3, 0.4) is 0 Å². The van der Waals surface area contributed by atoms with E-state index in [0.29, 0.717) is 17.1 Å². The maximum atomic E-state index is 11.2. The standard InChI is InChI=1S/C34H32O9/c35-18-27-30(38)31(39)32(40)34(43-27)41-24-14-8-19(9-15-24)6-7-20-16-25(37)29-26(17-20)42-33(22-10-12-23(36)13-11-22)28(29)21-4-2-1-3-5-21/h1-17,27-28,30-40H,18H2/b7-6+/t27-,28+,30-,31+,32-,33-,34-/m1/s1. The summed E-state index contributed by atoms with van der Waals surface area (Å²) in [5.74, 6) is 0.983. The van der Waals surface area contributed by atoms with Crippen molar-refractivity contribution < 1.29 is 44.8 Å². The monoisotopic (exact) mass is 584 g/mol. The molecule has 0 unspecified atom stereocenters. The minimum Gasteiger partial charge on any atom is -0.508 e. The Morgan fingerprint density at radius 1 is 0.721 bits per heavy atom. The first-order valence-corrected chi connectivity index (χ1v) is 13.9. The van der Waals surface area contributed by atoms with E-state index in [1.54, 1.807) is 42.5 Å². The van der Waals surface area contributed by atoms with Gasteiger partial charge in [-0.05, 0) is 58.7 Å². The molecule has 0 spiro atoms. The molecule has 0 aromatic heterocycles. The van der Waals surface area contributed by atoms with Gasteiger partial charge in [0.2, 0.25) is 6.29 Å². The van der Waals surface area contributed by atoms with Gasteiger partial charge in [0.25, 0.3) is 0 Å². The Balaban J connectivity index is 1.21. The second kappa shape index (κ2) is 12.1. The van der Waals surface area contributed by atoms with E-state index in [9.17, 15) is 30.6 Å². The van der Waals surface area contributed by atoms with Gasteiger partial charge in [0.05, 0.1) is 12.5 Å². The average molecular weight is 585 g/mol. The summed E-state index contributed by atoms with van der Waals surface area (Å²) < 4.78 is 17.5. The molecule has 4 aromatic rings. The average Bonchev–Trinajstić information content (AvgIpc) is 3.42. The van der Waals surface area contributed by atoms with E-state index >= 15 is 0 Å². The molecule has 9 heteroatoms. The summed E-state index contributed by atoms with van der Waals surface area (Å²) in [7, 11) is 0. The highest BCUT2D eigenvalue weighted by atomic mass is 16.7. The molecule has 0 radical (unpaired) electrons. The van der Waals surface area contributed by atoms with Crippen LogP contribution in [0.4, 0.5) is 0 Å². The van der Waals surface area contributed by atoms with Gasteiger partial charge in [-0.15, -0.1) is 0 Å². The summed E-state index contributed by atoms with van der Waals surface area (Å²) in [6, 6.07) is 27.2. The molecule has 43 heavy (non-hydrogen) atoms. The van der Waals surface area contributed by atoms with Gasteiger partial charge in [0.1, 0.15) is 53.5 Å². The number of rotatable bonds is 7. The molecule has 2 aliphatic rings. The van der Waals surface area contributed by atoms with Gasteiger partial charge >= 0.3 is 0 Å². The van der Waals surface area contributed by atoms with Gasteiger partial charge < -0.3 is 44.8 Å². The van der Waals surface area contributed by atoms with E-state index in [2.05, 4.69) is 0 Å². The van der Waals surface area contributed by atoms with Crippen LogP contribution in [0.2, 0.25) is 0 Å². The first-order chi connectivity index (χ1) is 20.8. The van der Waals surface area contributed by atoms with Crippen molar-refractivity contribution in [3.8, 4) is 23.0 Å². The highest BCUT2D eigenvalue weighted by molar-refractivity contribution is 5.73. The highest BCUT2D eigenvalue weighted by Gasteiger charge is 2.44. The van der Waals surface area contributed by atoms with Gasteiger partial charge in [0.15, 0.2) is 0 Å². The molecule has 0 bridgehead atoms. The lowest BCUT2D eigenvalue weighted by molar-refractivity contribution is -0.277. The highest BCUT2D eigenvalue weighted by Crippen LogP contribution is 2.53. The molecule has 9 nitrogen and oxygen atoms in total. The van der Waals surface area contributed by atoms with Crippen LogP contribution in [0.1, 0.15) is 39.8 Å². The van der Waals surface area contributed by atoms with E-state index in [1.807, 2.05) is 60.7 Å². The fourth-order valence-corrected chi connectivity index (χ4v) is 5.57. The Bertz CT molecular complexity index is 1570. The number of phenols is 2. The van der Waals surface area contributed by atoms with Crippen molar-refractivity contribution in [2.24, 2.45) is 0 Å². The molecule has 7 atom stereocenters. The number of aliphatic hydroxyl groups is 4. The molecule has 4 aromatic carbocycles. The zero-order valence-corrected chi connectivity index (χ0v) is 23.0. The van der Waals surface area contributed by atoms with Gasteiger partial charge in [-0.3, -0.25) is 0 Å². The first-order valence-electron chi connectivity index (χ1n) is 13.9. The lowest BCUT2D eigenvalue weighted by Crippen LogP contribution is -2.60. The molecular weight excluding hydrogens is 552 g/mol. The molecule has 1 fully saturated rings. The first kappa shape index (κ1) is 28.7. The third-order valence-electron chi connectivity index (χ3n) is 7.84. The zero-order valence-electron chi connectivity index (χ0n) is 23.0. The van der Waals surface area contributed by atoms with Crippen LogP contribution in [0, 0.1) is 0 Å². The Labute approximate surface area is 248 Å². The summed E-state index contributed by atoms with van der Waals surface area (Å²) in [6.45, 7) is -0.539. The fourth-order valence-electron chi connectivity index (χ4n) is 5.57. The normalized spacial score (nSPS) is 26.7. The van der Waals surface area contributed by atoms with Crippen molar-refractivity contribution in [3.63, 3.8) is 0 Å². The van der Waals surface area contributed by atoms with Crippen molar-refractivity contribution >= 4 is 12.2 Å². The van der Waals surface area contributed by atoms with Gasteiger partial charge in [-0.25, -0.2) is 0 Å². The maximum absolute atomic E-state index is 11.2. The topological polar surface area (TPSA) is 149 Å². The zero-order chi connectivity index (χ0) is 30.1. The summed E-state index contributed by atoms with van der Waals surface area (Å²) in [5, 5.41) is 60.5. The van der Waals surface area contributed by atoms with Crippen LogP contribution >= 0.6 is 0 Å². The number of benzene rings is 4. The summed E-state index contributed by atoms with van der Waals surface area (Å²) in [6.07, 6.45) is -3.48. The van der Waals surface area contributed by atoms with Crippen LogP contribution in [0.5, 0.6) is 23.0 Å². The quantitative estimate of drug-likeness (QED) is 0.179. The number of aliphatic hydroxyl groups excluding tert-OH is 4. The lowest BCUT2D eigenvalue weighted by Gasteiger charge is -2.39. The van der Waals surface area contributed by atoms with Crippen LogP contribution in [0.25, 0.3) is 12.2 Å². The number of hydrogen-bond donors (Lipinski definition) is 6. The van der Waals surface area contributed by atoms with Gasteiger partial charge in [-0.1, -0.05) is 66.7 Å². The smallest absolute Gasteiger partial charge is 0.229 e. The van der Waals surface area contributed by atoms with E-state index in [0.717, 1.165) is 22.3 Å². The predicted molar refractivity (Wildman–Crippen MR) is 158 cm³/mol. The second-order valence-electron chi connectivity index (χ2n) is 10.7. The SMILES string of the molecule is OC[C@H]1O[C@@H](Oc2ccc(/C=C/c3cc(O)c4c(c3)O[C@H](c3ccc(O)cc3)[C@H]4c3ccccc3)cc2)[C@H](O)[C@@H](O)[C@@H]1O. The number of ether oxygens (including phenoxy) is 3. The lowest BCUT2D eigenvalue weighted by atomic mass is 9.84. The third kappa shape index (κ3) is 5.81. The maximum Gasteiger partial charge on any atom is 0.229 e. The minimum atomic E-state index is -1.52. The van der Waals surface area contributed by atoms with Gasteiger partial charge in [0, 0.05) is 5.56 Å². The van der Waals surface area contributed by atoms with Crippen LogP contribution in [-0.4, -0.2) is 68.0 Å². The third-order valence-corrected chi connectivity index (χ3v) is 7.84. The van der Waals surface area contributed by atoms with Crippen molar-refractivity contribution in [1.29, 1.82) is 0 Å². The fraction of sp³-hybridized carbons (Fsp3) is 0.235. The molecule has 1 saturated heterocycles. The molecule has 0 saturated carbocycles. The largest absolute Gasteiger partial charge is 0.508 e. The molecule has 2 heterocycles. The summed E-state index contributed by atoms with van der Waals surface area (Å²) in [5.41, 5.74) is 4.15. The minimum absolute atomic E-state index is 0.121. The van der Waals surface area contributed by atoms with Crippen LogP contribution in [0.15, 0.2) is 91.0 Å². The molecule has 6 N–H and O–H groups in total. The molecule has 0 aliphatic carbocycles. The van der Waals surface area contributed by atoms with Crippen LogP contribution < -0.4 is 9.47 Å². The van der Waals surface area contributed by atoms with E-state index in [4.69, 9.17) is 14.2 Å². The molecule has 6 rings (SSSR count). The number of aromatic hydroxyl groups is 2. The van der Waals surface area contributed by atoms with Crippen LogP contribution in [-0.2, 0) is 4.74 Å². The molecular formula is C34H32O9. The Morgan fingerprint density at radius 3 is 2.12 bits per heavy atom. The van der Waals surface area contributed by atoms with Crippen molar-refractivity contribution in [2.45, 2.75) is 42.7 Å². The summed E-state index contributed by atoms with van der Waals surface area (Å²) >= 11 is 0. The van der Waals surface area contributed by atoms with Crippen molar-refractivity contribution in [2.75, 3.05) is 6.61 Å². The van der Waals surface area contributed by atoms with E-state index in [-0.39, 0.29) is 23.5 Å². The number of fused-ring (bicyclic) bond motifs is 1. The Morgan fingerprint density at radius 2 is 1.42 bits per heavy atom. The van der Waals surface area contributed by atoms with Crippen molar-refractivity contribution in [1.82, 2.24) is 0 Å². The van der Waals surface area contributed by atoms with E-state index < -0.39 is 37.3 Å². The van der Waals surface area contributed by atoms with Crippen molar-refractivity contribution in [3.05, 3.63) is 119 Å². The predicted octanol–water partition coefficient (Wildman–Crippen LogP) is 3.71. The molecule has 2 aliphatic heterocycles. The second-order valence-corrected chi connectivity index (χ2v) is 10.7. The Hall–Kier alpha value is -4.38. The number of hydrogen-bond acceptors (Lipinski definition) is 9. The van der Waals surface area contributed by atoms with E-state index in [1.165, 1.54) is 0 Å². The van der Waals surface area contributed by atoms with Gasteiger partial charge in [-0.2, -0.15) is 0 Å². The molecule has 222 valence electrons. The number of phenolic OH excluding ortho intramolecular Hbond substituents is 2. The molecule has 0 amide bonds. The Kier molecular flexibility index (Phi) is 8.07.